The Kier molecular flexibility index (Phi) is 7.04. The summed E-state index contributed by atoms with van der Waals surface area (Å²) in [5, 5.41) is 0. The van der Waals surface area contributed by atoms with E-state index in [0.717, 1.165) is 5.56 Å². The molecule has 5 nitrogen and oxygen atoms in total. The summed E-state index contributed by atoms with van der Waals surface area (Å²) in [6.45, 7) is 0.644. The van der Waals surface area contributed by atoms with Crippen molar-refractivity contribution >= 4 is 5.78 Å². The molecule has 2 aromatic carbocycles. The third-order valence-corrected chi connectivity index (χ3v) is 4.25. The van der Waals surface area contributed by atoms with Crippen LogP contribution in [-0.2, 0) is 6.42 Å². The normalized spacial score (nSPS) is 11.9. The number of methoxy groups -OCH3 is 3. The van der Waals surface area contributed by atoms with Gasteiger partial charge in [-0.2, -0.15) is 0 Å². The van der Waals surface area contributed by atoms with Crippen LogP contribution in [-0.4, -0.2) is 52.7 Å². The van der Waals surface area contributed by atoms with E-state index in [1.54, 1.807) is 19.2 Å². The number of hydrogen-bond donors (Lipinski definition) is 0. The zero-order chi connectivity index (χ0) is 19.1. The van der Waals surface area contributed by atoms with Crippen LogP contribution in [0.3, 0.4) is 0 Å². The highest BCUT2D eigenvalue weighted by Crippen LogP contribution is 2.40. The second kappa shape index (κ2) is 9.25. The van der Waals surface area contributed by atoms with Gasteiger partial charge in [-0.05, 0) is 38.2 Å². The molecule has 0 heterocycles. The minimum absolute atomic E-state index is 0.0281. The molecule has 0 saturated heterocycles. The van der Waals surface area contributed by atoms with Crippen molar-refractivity contribution in [1.82, 2.24) is 4.90 Å². The fraction of sp³-hybridized carbons (Fsp3) is 0.381. The maximum Gasteiger partial charge on any atom is 0.204 e. The fourth-order valence-corrected chi connectivity index (χ4v) is 3.09. The van der Waals surface area contributed by atoms with Crippen molar-refractivity contribution in [2.75, 3.05) is 42.0 Å². The molecule has 0 aliphatic carbocycles. The smallest absolute Gasteiger partial charge is 0.204 e. The predicted molar refractivity (Wildman–Crippen MR) is 103 cm³/mol. The number of benzene rings is 2. The summed E-state index contributed by atoms with van der Waals surface area (Å²) in [4.78, 5) is 15.4. The van der Waals surface area contributed by atoms with Gasteiger partial charge < -0.3 is 19.1 Å². The van der Waals surface area contributed by atoms with Gasteiger partial charge in [0.1, 0.15) is 0 Å². The highest BCUT2D eigenvalue weighted by atomic mass is 16.5. The van der Waals surface area contributed by atoms with E-state index in [2.05, 4.69) is 0 Å². The Morgan fingerprint density at radius 2 is 1.58 bits per heavy atom. The molecule has 0 amide bonds. The Bertz CT molecular complexity index is 728. The van der Waals surface area contributed by atoms with Crippen LogP contribution in [0.15, 0.2) is 42.5 Å². The minimum atomic E-state index is -0.195. The Hall–Kier alpha value is -2.53. The molecule has 0 aliphatic heterocycles. The molecule has 0 N–H and O–H groups in total. The number of carbonyl (C=O) groups is 1. The lowest BCUT2D eigenvalue weighted by molar-refractivity contribution is 0.0892. The Labute approximate surface area is 155 Å². The highest BCUT2D eigenvalue weighted by Gasteiger charge is 2.27. The highest BCUT2D eigenvalue weighted by molar-refractivity contribution is 6.01. The van der Waals surface area contributed by atoms with Gasteiger partial charge in [-0.25, -0.2) is 0 Å². The van der Waals surface area contributed by atoms with Gasteiger partial charge in [0.2, 0.25) is 5.75 Å². The van der Waals surface area contributed by atoms with E-state index < -0.39 is 0 Å². The molecule has 0 spiro atoms. The van der Waals surface area contributed by atoms with E-state index in [9.17, 15) is 4.79 Å². The molecule has 2 rings (SSSR count). The van der Waals surface area contributed by atoms with Crippen molar-refractivity contribution in [3.05, 3.63) is 53.6 Å². The van der Waals surface area contributed by atoms with E-state index >= 15 is 0 Å². The van der Waals surface area contributed by atoms with Crippen molar-refractivity contribution in [3.8, 4) is 17.2 Å². The summed E-state index contributed by atoms with van der Waals surface area (Å²) < 4.78 is 16.2. The Morgan fingerprint density at radius 1 is 0.923 bits per heavy atom. The molecule has 1 unspecified atom stereocenters. The maximum atomic E-state index is 13.3. The van der Waals surface area contributed by atoms with E-state index in [-0.39, 0.29) is 11.7 Å². The standard InChI is InChI=1S/C21H27NO4/c1-22(2)14-16(13-15-9-7-6-8-10-15)19(23)17-11-12-18(24-3)21(26-5)20(17)25-4/h6-12,16H,13-14H2,1-5H3. The molecule has 1 atom stereocenters. The molecule has 0 radical (unpaired) electrons. The van der Waals surface area contributed by atoms with Crippen LogP contribution in [0.2, 0.25) is 0 Å². The molecule has 0 aliphatic rings. The van der Waals surface area contributed by atoms with E-state index in [0.29, 0.717) is 35.8 Å². The Morgan fingerprint density at radius 3 is 2.12 bits per heavy atom. The van der Waals surface area contributed by atoms with E-state index in [1.807, 2.05) is 49.3 Å². The number of rotatable bonds is 9. The summed E-state index contributed by atoms with van der Waals surface area (Å²) in [6, 6.07) is 13.5. The third-order valence-electron chi connectivity index (χ3n) is 4.25. The first-order valence-electron chi connectivity index (χ1n) is 8.53. The topological polar surface area (TPSA) is 48.0 Å². The van der Waals surface area contributed by atoms with Crippen molar-refractivity contribution < 1.29 is 19.0 Å². The number of hydrogen-bond acceptors (Lipinski definition) is 5. The maximum absolute atomic E-state index is 13.3. The average Bonchev–Trinajstić information content (AvgIpc) is 2.65. The van der Waals surface area contributed by atoms with Crippen LogP contribution in [0.4, 0.5) is 0 Å². The van der Waals surface area contributed by atoms with Gasteiger partial charge in [0, 0.05) is 12.5 Å². The molecule has 0 fully saturated rings. The predicted octanol–water partition coefficient (Wildman–Crippen LogP) is 3.32. The zero-order valence-corrected chi connectivity index (χ0v) is 16.1. The minimum Gasteiger partial charge on any atom is -0.493 e. The van der Waals surface area contributed by atoms with Gasteiger partial charge >= 0.3 is 0 Å². The first-order valence-corrected chi connectivity index (χ1v) is 8.53. The SMILES string of the molecule is COc1ccc(C(=O)C(Cc2ccccc2)CN(C)C)c(OC)c1OC. The van der Waals surface area contributed by atoms with Crippen molar-refractivity contribution in [3.63, 3.8) is 0 Å². The molecule has 0 saturated carbocycles. The summed E-state index contributed by atoms with van der Waals surface area (Å²) >= 11 is 0. The molecule has 26 heavy (non-hydrogen) atoms. The summed E-state index contributed by atoms with van der Waals surface area (Å²) in [6.07, 6.45) is 0.662. The number of ether oxygens (including phenoxy) is 3. The van der Waals surface area contributed by atoms with E-state index in [1.165, 1.54) is 14.2 Å². The number of nitrogens with zero attached hydrogens (tertiary/aromatic N) is 1. The quantitative estimate of drug-likeness (QED) is 0.645. The monoisotopic (exact) mass is 357 g/mol. The number of ketones is 1. The zero-order valence-electron chi connectivity index (χ0n) is 16.1. The molecular weight excluding hydrogens is 330 g/mol. The number of Topliss-reactive ketones (excluding diaryl/α,β-unsaturated/α-hetero) is 1. The van der Waals surface area contributed by atoms with Gasteiger partial charge in [0.05, 0.1) is 26.9 Å². The molecule has 0 bridgehead atoms. The second-order valence-electron chi connectivity index (χ2n) is 6.40. The van der Waals surface area contributed by atoms with Crippen LogP contribution >= 0.6 is 0 Å². The lowest BCUT2D eigenvalue weighted by atomic mass is 9.90. The summed E-state index contributed by atoms with van der Waals surface area (Å²) in [7, 11) is 8.57. The fourth-order valence-electron chi connectivity index (χ4n) is 3.09. The lowest BCUT2D eigenvalue weighted by Crippen LogP contribution is -2.30. The largest absolute Gasteiger partial charge is 0.493 e. The third kappa shape index (κ3) is 4.55. The molecule has 2 aromatic rings. The molecular formula is C21H27NO4. The van der Waals surface area contributed by atoms with Gasteiger partial charge in [0.25, 0.3) is 0 Å². The van der Waals surface area contributed by atoms with Crippen LogP contribution in [0.1, 0.15) is 15.9 Å². The van der Waals surface area contributed by atoms with Crippen molar-refractivity contribution in [1.29, 1.82) is 0 Å². The average molecular weight is 357 g/mol. The van der Waals surface area contributed by atoms with Gasteiger partial charge in [0.15, 0.2) is 17.3 Å². The van der Waals surface area contributed by atoms with Crippen LogP contribution in [0.25, 0.3) is 0 Å². The summed E-state index contributed by atoms with van der Waals surface area (Å²) in [5.41, 5.74) is 1.64. The first kappa shape index (κ1) is 19.8. The Balaban J connectivity index is 2.41. The van der Waals surface area contributed by atoms with Crippen molar-refractivity contribution in [2.45, 2.75) is 6.42 Å². The van der Waals surface area contributed by atoms with Crippen LogP contribution in [0.5, 0.6) is 17.2 Å². The molecule has 5 heteroatoms. The molecule has 0 aromatic heterocycles. The first-order chi connectivity index (χ1) is 12.5. The van der Waals surface area contributed by atoms with Gasteiger partial charge in [-0.3, -0.25) is 4.79 Å². The number of carbonyl (C=O) groups excluding carboxylic acids is 1. The van der Waals surface area contributed by atoms with Gasteiger partial charge in [-0.1, -0.05) is 30.3 Å². The van der Waals surface area contributed by atoms with E-state index in [4.69, 9.17) is 14.2 Å². The van der Waals surface area contributed by atoms with Crippen LogP contribution < -0.4 is 14.2 Å². The lowest BCUT2D eigenvalue weighted by Gasteiger charge is -2.22. The molecule has 140 valence electrons. The van der Waals surface area contributed by atoms with Crippen molar-refractivity contribution in [2.24, 2.45) is 5.92 Å². The van der Waals surface area contributed by atoms with Gasteiger partial charge in [-0.15, -0.1) is 0 Å². The summed E-state index contributed by atoms with van der Waals surface area (Å²) in [5.74, 6) is 1.21. The van der Waals surface area contributed by atoms with Crippen LogP contribution in [0, 0.1) is 5.92 Å². The second-order valence-corrected chi connectivity index (χ2v) is 6.40.